The summed E-state index contributed by atoms with van der Waals surface area (Å²) >= 11 is 0. The summed E-state index contributed by atoms with van der Waals surface area (Å²) in [5.74, 6) is 0.224. The first-order valence-corrected chi connectivity index (χ1v) is 13.1. The van der Waals surface area contributed by atoms with Gasteiger partial charge in [-0.3, -0.25) is 24.4 Å². The van der Waals surface area contributed by atoms with Crippen LogP contribution < -0.4 is 4.90 Å². The highest BCUT2D eigenvalue weighted by atomic mass is 16.2. The van der Waals surface area contributed by atoms with Crippen molar-refractivity contribution >= 4 is 17.5 Å². The second kappa shape index (κ2) is 12.8. The maximum Gasteiger partial charge on any atom is 0.237 e. The molecule has 2 amide bonds. The van der Waals surface area contributed by atoms with Gasteiger partial charge in [0.2, 0.25) is 11.8 Å². The second-order valence-corrected chi connectivity index (χ2v) is 9.76. The summed E-state index contributed by atoms with van der Waals surface area (Å²) < 4.78 is 0. The Morgan fingerprint density at radius 2 is 1.51 bits per heavy atom. The molecule has 1 saturated heterocycles. The smallest absolute Gasteiger partial charge is 0.237 e. The molecular weight excluding hydrogens is 438 g/mol. The molecular formula is C28H39N5O2. The average molecular weight is 478 g/mol. The van der Waals surface area contributed by atoms with E-state index < -0.39 is 0 Å². The Balaban J connectivity index is 1.55. The zero-order chi connectivity index (χ0) is 24.5. The zero-order valence-corrected chi connectivity index (χ0v) is 21.1. The van der Waals surface area contributed by atoms with E-state index in [1.165, 1.54) is 19.3 Å². The first-order valence-electron chi connectivity index (χ1n) is 13.1. The normalized spacial score (nSPS) is 18.9. The molecule has 1 fully saturated rings. The van der Waals surface area contributed by atoms with Crippen molar-refractivity contribution in [1.29, 1.82) is 0 Å². The topological polar surface area (TPSA) is 60.0 Å². The predicted octanol–water partition coefficient (Wildman–Crippen LogP) is 3.55. The van der Waals surface area contributed by atoms with Crippen LogP contribution in [0, 0.1) is 0 Å². The number of rotatable bonds is 4. The molecule has 2 aromatic rings. The van der Waals surface area contributed by atoms with Gasteiger partial charge in [0.05, 0.1) is 12.2 Å². The SMILES string of the molecule is CC(=O)N1CCCN(Cc2ccccn2)CCCN(C(=O)CN2CCCCC2)Cc2ccccc21. The number of anilines is 1. The molecule has 4 rings (SSSR count). The Morgan fingerprint density at radius 3 is 2.26 bits per heavy atom. The molecule has 1 aromatic heterocycles. The first kappa shape index (κ1) is 25.3. The maximum absolute atomic E-state index is 13.5. The minimum atomic E-state index is 0.0389. The second-order valence-electron chi connectivity index (χ2n) is 9.76. The van der Waals surface area contributed by atoms with Crippen molar-refractivity contribution in [2.24, 2.45) is 0 Å². The molecule has 7 heteroatoms. The number of piperidine rings is 1. The summed E-state index contributed by atoms with van der Waals surface area (Å²) in [6.07, 6.45) is 7.24. The lowest BCUT2D eigenvalue weighted by Gasteiger charge is -2.33. The van der Waals surface area contributed by atoms with E-state index in [1.807, 2.05) is 46.3 Å². The molecule has 0 aliphatic carbocycles. The number of likely N-dealkylation sites (tertiary alicyclic amines) is 1. The van der Waals surface area contributed by atoms with Gasteiger partial charge in [0.25, 0.3) is 0 Å². The molecule has 0 N–H and O–H groups in total. The van der Waals surface area contributed by atoms with Crippen LogP contribution in [0.2, 0.25) is 0 Å². The van der Waals surface area contributed by atoms with Crippen LogP contribution in [0.4, 0.5) is 5.69 Å². The lowest BCUT2D eigenvalue weighted by Crippen LogP contribution is -2.43. The number of para-hydroxylation sites is 1. The van der Waals surface area contributed by atoms with E-state index in [0.29, 0.717) is 26.2 Å². The largest absolute Gasteiger partial charge is 0.337 e. The number of hydrogen-bond acceptors (Lipinski definition) is 5. The molecule has 3 heterocycles. The molecule has 0 atom stereocenters. The highest BCUT2D eigenvalue weighted by Gasteiger charge is 2.23. The molecule has 2 aliphatic rings. The summed E-state index contributed by atoms with van der Waals surface area (Å²) in [5, 5.41) is 0. The van der Waals surface area contributed by atoms with Crippen LogP contribution in [0.25, 0.3) is 0 Å². The van der Waals surface area contributed by atoms with E-state index in [9.17, 15) is 9.59 Å². The van der Waals surface area contributed by atoms with Gasteiger partial charge in [-0.1, -0.05) is 30.7 Å². The minimum Gasteiger partial charge on any atom is -0.337 e. The number of fused-ring (bicyclic) bond motifs is 1. The van der Waals surface area contributed by atoms with Gasteiger partial charge in [-0.2, -0.15) is 0 Å². The fraction of sp³-hybridized carbons (Fsp3) is 0.536. The highest BCUT2D eigenvalue weighted by molar-refractivity contribution is 5.92. The van der Waals surface area contributed by atoms with Crippen molar-refractivity contribution in [3.8, 4) is 0 Å². The third-order valence-corrected chi connectivity index (χ3v) is 7.05. The first-order chi connectivity index (χ1) is 17.1. The van der Waals surface area contributed by atoms with Gasteiger partial charge in [-0.05, 0) is 62.5 Å². The lowest BCUT2D eigenvalue weighted by molar-refractivity contribution is -0.133. The molecule has 2 aliphatic heterocycles. The summed E-state index contributed by atoms with van der Waals surface area (Å²) in [5.41, 5.74) is 3.01. The molecule has 7 nitrogen and oxygen atoms in total. The van der Waals surface area contributed by atoms with Crippen LogP contribution in [0.15, 0.2) is 48.7 Å². The predicted molar refractivity (Wildman–Crippen MR) is 139 cm³/mol. The van der Waals surface area contributed by atoms with Gasteiger partial charge in [0.15, 0.2) is 0 Å². The van der Waals surface area contributed by atoms with E-state index in [4.69, 9.17) is 0 Å². The van der Waals surface area contributed by atoms with Gasteiger partial charge in [0, 0.05) is 58.1 Å². The van der Waals surface area contributed by atoms with Gasteiger partial charge in [0.1, 0.15) is 0 Å². The van der Waals surface area contributed by atoms with Gasteiger partial charge in [-0.25, -0.2) is 0 Å². The van der Waals surface area contributed by atoms with Crippen molar-refractivity contribution in [1.82, 2.24) is 19.7 Å². The van der Waals surface area contributed by atoms with Crippen LogP contribution in [0.1, 0.15) is 50.3 Å². The van der Waals surface area contributed by atoms with E-state index in [1.54, 1.807) is 6.92 Å². The molecule has 0 unspecified atom stereocenters. The van der Waals surface area contributed by atoms with E-state index in [0.717, 1.165) is 62.5 Å². The van der Waals surface area contributed by atoms with Crippen molar-refractivity contribution in [2.75, 3.05) is 50.7 Å². The summed E-state index contributed by atoms with van der Waals surface area (Å²) in [4.78, 5) is 39.2. The molecule has 0 bridgehead atoms. The Labute approximate surface area is 209 Å². The van der Waals surface area contributed by atoms with Crippen LogP contribution in [0.5, 0.6) is 0 Å². The number of carbonyl (C=O) groups excluding carboxylic acids is 2. The van der Waals surface area contributed by atoms with Crippen molar-refractivity contribution in [3.05, 3.63) is 59.9 Å². The Hall–Kier alpha value is -2.77. The number of amides is 2. The molecule has 1 aromatic carbocycles. The van der Waals surface area contributed by atoms with E-state index in [-0.39, 0.29) is 11.8 Å². The van der Waals surface area contributed by atoms with Gasteiger partial charge >= 0.3 is 0 Å². The maximum atomic E-state index is 13.5. The Bertz CT molecular complexity index is 961. The van der Waals surface area contributed by atoms with Crippen LogP contribution in [0.3, 0.4) is 0 Å². The summed E-state index contributed by atoms with van der Waals surface area (Å²) in [6.45, 7) is 8.58. The van der Waals surface area contributed by atoms with Crippen LogP contribution in [-0.2, 0) is 22.7 Å². The number of carbonyl (C=O) groups is 2. The number of nitrogens with zero attached hydrogens (tertiary/aromatic N) is 5. The van der Waals surface area contributed by atoms with E-state index >= 15 is 0 Å². The number of pyridine rings is 1. The third kappa shape index (κ3) is 7.36. The summed E-state index contributed by atoms with van der Waals surface area (Å²) in [7, 11) is 0. The van der Waals surface area contributed by atoms with E-state index in [2.05, 4.69) is 26.9 Å². The molecule has 0 spiro atoms. The lowest BCUT2D eigenvalue weighted by atomic mass is 10.1. The Morgan fingerprint density at radius 1 is 0.800 bits per heavy atom. The Kier molecular flexibility index (Phi) is 9.26. The third-order valence-electron chi connectivity index (χ3n) is 7.05. The van der Waals surface area contributed by atoms with Crippen LogP contribution >= 0.6 is 0 Å². The van der Waals surface area contributed by atoms with Gasteiger partial charge < -0.3 is 9.80 Å². The zero-order valence-electron chi connectivity index (χ0n) is 21.1. The molecule has 188 valence electrons. The van der Waals surface area contributed by atoms with Crippen molar-refractivity contribution in [2.45, 2.75) is 52.1 Å². The molecule has 0 saturated carbocycles. The van der Waals surface area contributed by atoms with Crippen LogP contribution in [-0.4, -0.2) is 77.3 Å². The number of aromatic nitrogens is 1. The quantitative estimate of drug-likeness (QED) is 0.674. The summed E-state index contributed by atoms with van der Waals surface area (Å²) in [6, 6.07) is 14.1. The standard InChI is InChI=1S/C28H39N5O2/c1-24(34)33-20-10-18-30(22-26-12-5-6-14-29-26)17-9-19-32(21-25-11-3-4-13-27(25)33)28(35)23-31-15-7-2-8-16-31/h3-6,11-14H,2,7-10,15-23H2,1H3. The van der Waals surface area contributed by atoms with Crippen molar-refractivity contribution in [3.63, 3.8) is 0 Å². The number of benzene rings is 1. The molecule has 35 heavy (non-hydrogen) atoms. The highest BCUT2D eigenvalue weighted by Crippen LogP contribution is 2.24. The number of hydrogen-bond donors (Lipinski definition) is 0. The van der Waals surface area contributed by atoms with Gasteiger partial charge in [-0.15, -0.1) is 0 Å². The fourth-order valence-corrected chi connectivity index (χ4v) is 5.19. The molecule has 0 radical (unpaired) electrons. The van der Waals surface area contributed by atoms with Crippen molar-refractivity contribution < 1.29 is 9.59 Å². The monoisotopic (exact) mass is 477 g/mol. The fourth-order valence-electron chi connectivity index (χ4n) is 5.19. The minimum absolute atomic E-state index is 0.0389. The average Bonchev–Trinajstić information content (AvgIpc) is 2.86.